The van der Waals surface area contributed by atoms with Crippen LogP contribution in [0.4, 0.5) is 0 Å². The molecule has 0 aromatic carbocycles. The predicted octanol–water partition coefficient (Wildman–Crippen LogP) is 1.22. The summed E-state index contributed by atoms with van der Waals surface area (Å²) >= 11 is 0. The Balaban J connectivity index is 2.69. The minimum absolute atomic E-state index is 0.762. The summed E-state index contributed by atoms with van der Waals surface area (Å²) in [4.78, 5) is 4.41. The average molecular weight is 187 g/mol. The third-order valence-corrected chi connectivity index (χ3v) is 2.77. The zero-order chi connectivity index (χ0) is 10.1. The first-order chi connectivity index (χ1) is 6.74. The number of aromatic nitrogens is 1. The lowest BCUT2D eigenvalue weighted by molar-refractivity contribution is 0.634. The van der Waals surface area contributed by atoms with Gasteiger partial charge in [0, 0.05) is 12.2 Å². The Morgan fingerprint density at radius 2 is 2.07 bits per heavy atom. The predicted molar refractivity (Wildman–Crippen MR) is 53.8 cm³/mol. The van der Waals surface area contributed by atoms with Crippen LogP contribution in [-0.2, 0) is 13.0 Å². The topological polar surface area (TPSA) is 48.7 Å². The average Bonchev–Trinajstić information content (AvgIpc) is 2.18. The third-order valence-electron chi connectivity index (χ3n) is 2.77. The highest BCUT2D eigenvalue weighted by atomic mass is 14.9. The van der Waals surface area contributed by atoms with Crippen LogP contribution in [0.15, 0.2) is 0 Å². The minimum Gasteiger partial charge on any atom is -0.312 e. The summed E-state index contributed by atoms with van der Waals surface area (Å²) in [6, 6.07) is 2.25. The fraction of sp³-hybridized carbons (Fsp3) is 0.455. The molecular weight excluding hydrogens is 174 g/mol. The number of aryl methyl sites for hydroxylation is 2. The fourth-order valence-corrected chi connectivity index (χ4v) is 2.06. The van der Waals surface area contributed by atoms with E-state index in [0.29, 0.717) is 0 Å². The van der Waals surface area contributed by atoms with Crippen LogP contribution in [0.2, 0.25) is 0 Å². The summed E-state index contributed by atoms with van der Waals surface area (Å²) in [5.41, 5.74) is 5.12. The van der Waals surface area contributed by atoms with E-state index < -0.39 is 0 Å². The number of pyridine rings is 1. The van der Waals surface area contributed by atoms with Gasteiger partial charge in [0.1, 0.15) is 6.07 Å². The van der Waals surface area contributed by atoms with Crippen LogP contribution >= 0.6 is 0 Å². The van der Waals surface area contributed by atoms with Gasteiger partial charge in [-0.25, -0.2) is 0 Å². The number of fused-ring (bicyclic) bond motifs is 1. The van der Waals surface area contributed by atoms with Gasteiger partial charge in [-0.05, 0) is 37.9 Å². The summed E-state index contributed by atoms with van der Waals surface area (Å²) < 4.78 is 0. The lowest BCUT2D eigenvalue weighted by Gasteiger charge is -2.20. The third kappa shape index (κ3) is 1.28. The van der Waals surface area contributed by atoms with Crippen molar-refractivity contribution in [2.45, 2.75) is 26.8 Å². The zero-order valence-corrected chi connectivity index (χ0v) is 8.52. The Hall–Kier alpha value is -1.40. The molecule has 3 heteroatoms. The molecule has 0 amide bonds. The second kappa shape index (κ2) is 3.39. The largest absolute Gasteiger partial charge is 0.312 e. The highest BCUT2D eigenvalue weighted by Crippen LogP contribution is 2.22. The zero-order valence-electron chi connectivity index (χ0n) is 8.52. The first-order valence-corrected chi connectivity index (χ1v) is 4.84. The van der Waals surface area contributed by atoms with Crippen molar-refractivity contribution in [1.82, 2.24) is 10.3 Å². The van der Waals surface area contributed by atoms with Crippen molar-refractivity contribution in [3.05, 3.63) is 28.1 Å². The molecule has 0 unspecified atom stereocenters. The molecule has 0 spiro atoms. The van der Waals surface area contributed by atoms with E-state index >= 15 is 0 Å². The molecular formula is C11H13N3. The molecule has 2 rings (SSSR count). The summed E-state index contributed by atoms with van der Waals surface area (Å²) in [6.45, 7) is 5.73. The molecule has 0 aliphatic carbocycles. The van der Waals surface area contributed by atoms with Crippen molar-refractivity contribution in [2.24, 2.45) is 0 Å². The van der Waals surface area contributed by atoms with E-state index in [1.54, 1.807) is 0 Å². The Kier molecular flexibility index (Phi) is 2.22. The molecule has 1 aromatic heterocycles. The molecule has 3 nitrogen and oxygen atoms in total. The van der Waals surface area contributed by atoms with Gasteiger partial charge in [-0.3, -0.25) is 4.98 Å². The molecule has 0 saturated carbocycles. The van der Waals surface area contributed by atoms with Gasteiger partial charge in [0.2, 0.25) is 0 Å². The number of nitrogens with one attached hydrogen (secondary N) is 1. The molecule has 0 atom stereocenters. The Labute approximate surface area is 83.8 Å². The molecule has 1 aliphatic rings. The van der Waals surface area contributed by atoms with Crippen molar-refractivity contribution in [3.8, 4) is 6.07 Å². The van der Waals surface area contributed by atoms with Crippen LogP contribution < -0.4 is 5.32 Å². The van der Waals surface area contributed by atoms with Crippen LogP contribution in [0.1, 0.15) is 28.1 Å². The van der Waals surface area contributed by atoms with Gasteiger partial charge in [0.05, 0.1) is 11.3 Å². The number of hydrogen-bond donors (Lipinski definition) is 1. The van der Waals surface area contributed by atoms with Crippen LogP contribution in [-0.4, -0.2) is 11.5 Å². The van der Waals surface area contributed by atoms with E-state index in [4.69, 9.17) is 5.26 Å². The molecule has 1 aliphatic heterocycles. The first kappa shape index (κ1) is 9.17. The van der Waals surface area contributed by atoms with Crippen molar-refractivity contribution in [1.29, 1.82) is 5.26 Å². The number of nitrogens with zero attached hydrogens (tertiary/aromatic N) is 2. The molecule has 0 radical (unpaired) electrons. The van der Waals surface area contributed by atoms with Gasteiger partial charge in [0.15, 0.2) is 0 Å². The van der Waals surface area contributed by atoms with Gasteiger partial charge in [-0.2, -0.15) is 5.26 Å². The van der Waals surface area contributed by atoms with Gasteiger partial charge >= 0.3 is 0 Å². The Bertz CT molecular complexity index is 416. The van der Waals surface area contributed by atoms with Crippen LogP contribution in [0.25, 0.3) is 0 Å². The summed E-state index contributed by atoms with van der Waals surface area (Å²) in [7, 11) is 0. The second-order valence-electron chi connectivity index (χ2n) is 3.65. The SMILES string of the molecule is Cc1nc(C)c2c(c1C#N)CNCC2. The lowest BCUT2D eigenvalue weighted by Crippen LogP contribution is -2.26. The second-order valence-corrected chi connectivity index (χ2v) is 3.65. The van der Waals surface area contributed by atoms with E-state index in [-0.39, 0.29) is 0 Å². The number of nitriles is 1. The maximum absolute atomic E-state index is 9.05. The Morgan fingerprint density at radius 3 is 2.79 bits per heavy atom. The van der Waals surface area contributed by atoms with E-state index in [9.17, 15) is 0 Å². The normalized spacial score (nSPS) is 14.6. The quantitative estimate of drug-likeness (QED) is 0.664. The Morgan fingerprint density at radius 1 is 1.29 bits per heavy atom. The summed E-state index contributed by atoms with van der Waals surface area (Å²) in [5, 5.41) is 12.3. The monoisotopic (exact) mass is 187 g/mol. The molecule has 72 valence electrons. The summed E-state index contributed by atoms with van der Waals surface area (Å²) in [5.74, 6) is 0. The lowest BCUT2D eigenvalue weighted by atomic mass is 9.95. The van der Waals surface area contributed by atoms with E-state index in [1.165, 1.54) is 5.56 Å². The number of rotatable bonds is 0. The van der Waals surface area contributed by atoms with Crippen LogP contribution in [0, 0.1) is 25.2 Å². The standard InChI is InChI=1S/C11H13N3/c1-7-9-3-4-13-6-11(9)10(5-12)8(2)14-7/h13H,3-4,6H2,1-2H3. The molecule has 0 bridgehead atoms. The maximum atomic E-state index is 9.05. The smallest absolute Gasteiger partial charge is 0.101 e. The highest BCUT2D eigenvalue weighted by molar-refractivity contribution is 5.47. The first-order valence-electron chi connectivity index (χ1n) is 4.84. The molecule has 2 heterocycles. The van der Waals surface area contributed by atoms with Crippen molar-refractivity contribution >= 4 is 0 Å². The van der Waals surface area contributed by atoms with Crippen molar-refractivity contribution < 1.29 is 0 Å². The number of hydrogen-bond acceptors (Lipinski definition) is 3. The molecule has 0 fully saturated rings. The van der Waals surface area contributed by atoms with Gasteiger partial charge in [-0.15, -0.1) is 0 Å². The minimum atomic E-state index is 0.762. The molecule has 0 saturated heterocycles. The van der Waals surface area contributed by atoms with Gasteiger partial charge in [0.25, 0.3) is 0 Å². The van der Waals surface area contributed by atoms with Crippen molar-refractivity contribution in [2.75, 3.05) is 6.54 Å². The molecule has 1 aromatic rings. The van der Waals surface area contributed by atoms with E-state index in [2.05, 4.69) is 16.4 Å². The van der Waals surface area contributed by atoms with Crippen molar-refractivity contribution in [3.63, 3.8) is 0 Å². The van der Waals surface area contributed by atoms with Gasteiger partial charge in [-0.1, -0.05) is 0 Å². The fourth-order valence-electron chi connectivity index (χ4n) is 2.06. The van der Waals surface area contributed by atoms with Crippen LogP contribution in [0.5, 0.6) is 0 Å². The van der Waals surface area contributed by atoms with Crippen LogP contribution in [0.3, 0.4) is 0 Å². The van der Waals surface area contributed by atoms with E-state index in [0.717, 1.165) is 42.0 Å². The molecule has 1 N–H and O–H groups in total. The van der Waals surface area contributed by atoms with Gasteiger partial charge < -0.3 is 5.32 Å². The molecule has 14 heavy (non-hydrogen) atoms. The highest BCUT2D eigenvalue weighted by Gasteiger charge is 2.17. The van der Waals surface area contributed by atoms with E-state index in [1.807, 2.05) is 13.8 Å². The summed E-state index contributed by atoms with van der Waals surface area (Å²) in [6.07, 6.45) is 0.989. The maximum Gasteiger partial charge on any atom is 0.101 e.